The number of anilines is 1. The van der Waals surface area contributed by atoms with Gasteiger partial charge in [-0.05, 0) is 42.3 Å². The lowest BCUT2D eigenvalue weighted by atomic mass is 10.1. The van der Waals surface area contributed by atoms with E-state index in [1.165, 1.54) is 12.1 Å². The number of halogens is 2. The SMILES string of the molecule is Cc1cc(F)ccc1COc1cc(Cl)ccc1N. The number of nitrogen functional groups attached to an aromatic ring is 1. The molecule has 2 rings (SSSR count). The largest absolute Gasteiger partial charge is 0.487 e. The van der Waals surface area contributed by atoms with E-state index >= 15 is 0 Å². The fourth-order valence-electron chi connectivity index (χ4n) is 1.61. The van der Waals surface area contributed by atoms with Crippen molar-refractivity contribution < 1.29 is 9.13 Å². The monoisotopic (exact) mass is 265 g/mol. The Balaban J connectivity index is 2.13. The van der Waals surface area contributed by atoms with Crippen LogP contribution in [0.4, 0.5) is 10.1 Å². The summed E-state index contributed by atoms with van der Waals surface area (Å²) in [6.45, 7) is 2.17. The van der Waals surface area contributed by atoms with E-state index in [4.69, 9.17) is 22.1 Å². The van der Waals surface area contributed by atoms with Gasteiger partial charge in [0, 0.05) is 11.1 Å². The Morgan fingerprint density at radius 2 is 2.00 bits per heavy atom. The minimum absolute atomic E-state index is 0.251. The van der Waals surface area contributed by atoms with Gasteiger partial charge in [-0.3, -0.25) is 0 Å². The number of rotatable bonds is 3. The fourth-order valence-corrected chi connectivity index (χ4v) is 1.77. The lowest BCUT2D eigenvalue weighted by Crippen LogP contribution is -2.00. The van der Waals surface area contributed by atoms with Gasteiger partial charge in [-0.1, -0.05) is 17.7 Å². The van der Waals surface area contributed by atoms with E-state index in [2.05, 4.69) is 0 Å². The quantitative estimate of drug-likeness (QED) is 0.853. The molecule has 4 heteroatoms. The fraction of sp³-hybridized carbons (Fsp3) is 0.143. The van der Waals surface area contributed by atoms with Crippen LogP contribution in [0.15, 0.2) is 36.4 Å². The van der Waals surface area contributed by atoms with Gasteiger partial charge in [0.1, 0.15) is 18.2 Å². The molecule has 0 bridgehead atoms. The van der Waals surface area contributed by atoms with Crippen molar-refractivity contribution >= 4 is 17.3 Å². The number of hydrogen-bond donors (Lipinski definition) is 1. The molecule has 0 unspecified atom stereocenters. The minimum atomic E-state index is -0.251. The first-order valence-electron chi connectivity index (χ1n) is 5.49. The number of hydrogen-bond acceptors (Lipinski definition) is 2. The summed E-state index contributed by atoms with van der Waals surface area (Å²) in [5.74, 6) is 0.282. The average Bonchev–Trinajstić information content (AvgIpc) is 2.32. The predicted molar refractivity (Wildman–Crippen MR) is 71.3 cm³/mol. The smallest absolute Gasteiger partial charge is 0.144 e. The summed E-state index contributed by atoms with van der Waals surface area (Å²) in [6, 6.07) is 9.64. The standard InChI is InChI=1S/C14H13ClFNO/c1-9-6-12(16)4-2-10(9)8-18-14-7-11(15)3-5-13(14)17/h2-7H,8,17H2,1H3. The van der Waals surface area contributed by atoms with Gasteiger partial charge in [-0.25, -0.2) is 4.39 Å². The molecule has 94 valence electrons. The Morgan fingerprint density at radius 1 is 1.22 bits per heavy atom. The summed E-state index contributed by atoms with van der Waals surface area (Å²) in [6.07, 6.45) is 0. The van der Waals surface area contributed by atoms with Crippen LogP contribution >= 0.6 is 11.6 Å². The summed E-state index contributed by atoms with van der Waals surface area (Å²) in [7, 11) is 0. The van der Waals surface area contributed by atoms with Crippen LogP contribution in [-0.4, -0.2) is 0 Å². The van der Waals surface area contributed by atoms with Crippen molar-refractivity contribution in [1.82, 2.24) is 0 Å². The van der Waals surface area contributed by atoms with E-state index in [9.17, 15) is 4.39 Å². The lowest BCUT2D eigenvalue weighted by Gasteiger charge is -2.11. The third-order valence-electron chi connectivity index (χ3n) is 2.66. The predicted octanol–water partition coefficient (Wildman–Crippen LogP) is 3.95. The van der Waals surface area contributed by atoms with Gasteiger partial charge < -0.3 is 10.5 Å². The van der Waals surface area contributed by atoms with Gasteiger partial charge in [0.05, 0.1) is 5.69 Å². The van der Waals surface area contributed by atoms with Crippen molar-refractivity contribution in [2.45, 2.75) is 13.5 Å². The van der Waals surface area contributed by atoms with Crippen LogP contribution in [0.5, 0.6) is 5.75 Å². The molecule has 18 heavy (non-hydrogen) atoms. The second-order valence-electron chi connectivity index (χ2n) is 4.04. The zero-order valence-corrected chi connectivity index (χ0v) is 10.7. The van der Waals surface area contributed by atoms with Crippen LogP contribution in [0.2, 0.25) is 5.02 Å². The molecule has 0 aliphatic heterocycles. The molecule has 0 aromatic heterocycles. The van der Waals surface area contributed by atoms with Gasteiger partial charge in [0.2, 0.25) is 0 Å². The van der Waals surface area contributed by atoms with Crippen molar-refractivity contribution in [3.63, 3.8) is 0 Å². The van der Waals surface area contributed by atoms with E-state index in [0.717, 1.165) is 11.1 Å². The molecule has 2 nitrogen and oxygen atoms in total. The lowest BCUT2D eigenvalue weighted by molar-refractivity contribution is 0.307. The zero-order chi connectivity index (χ0) is 13.1. The van der Waals surface area contributed by atoms with Crippen molar-refractivity contribution in [3.05, 3.63) is 58.4 Å². The number of benzene rings is 2. The summed E-state index contributed by atoms with van der Waals surface area (Å²) in [4.78, 5) is 0. The molecular formula is C14H13ClFNO. The van der Waals surface area contributed by atoms with Crippen molar-refractivity contribution in [3.8, 4) is 5.75 Å². The maximum Gasteiger partial charge on any atom is 0.144 e. The first-order chi connectivity index (χ1) is 8.56. The number of nitrogens with two attached hydrogens (primary N) is 1. The van der Waals surface area contributed by atoms with Crippen molar-refractivity contribution in [2.24, 2.45) is 0 Å². The third-order valence-corrected chi connectivity index (χ3v) is 2.90. The van der Waals surface area contributed by atoms with Gasteiger partial charge in [-0.15, -0.1) is 0 Å². The maximum atomic E-state index is 12.9. The Labute approximate surface area is 110 Å². The first kappa shape index (κ1) is 12.7. The molecule has 0 aliphatic carbocycles. The highest BCUT2D eigenvalue weighted by molar-refractivity contribution is 6.30. The Hall–Kier alpha value is -1.74. The first-order valence-corrected chi connectivity index (χ1v) is 5.87. The molecule has 0 amide bonds. The van der Waals surface area contributed by atoms with Gasteiger partial charge in [0.15, 0.2) is 0 Å². The van der Waals surface area contributed by atoms with E-state index in [1.54, 1.807) is 24.3 Å². The van der Waals surface area contributed by atoms with Gasteiger partial charge >= 0.3 is 0 Å². The van der Waals surface area contributed by atoms with E-state index in [1.807, 2.05) is 6.92 Å². The molecule has 0 saturated carbocycles. The van der Waals surface area contributed by atoms with Gasteiger partial charge in [-0.2, -0.15) is 0 Å². The second kappa shape index (κ2) is 5.27. The highest BCUT2D eigenvalue weighted by atomic mass is 35.5. The molecule has 0 fully saturated rings. The summed E-state index contributed by atoms with van der Waals surface area (Å²) in [5.41, 5.74) is 8.06. The molecule has 0 spiro atoms. The summed E-state index contributed by atoms with van der Waals surface area (Å²) >= 11 is 5.87. The summed E-state index contributed by atoms with van der Waals surface area (Å²) < 4.78 is 18.5. The van der Waals surface area contributed by atoms with Crippen LogP contribution in [0.1, 0.15) is 11.1 Å². The van der Waals surface area contributed by atoms with E-state index < -0.39 is 0 Å². The highest BCUT2D eigenvalue weighted by Crippen LogP contribution is 2.26. The molecule has 0 saturated heterocycles. The van der Waals surface area contributed by atoms with E-state index in [-0.39, 0.29) is 5.82 Å². The van der Waals surface area contributed by atoms with E-state index in [0.29, 0.717) is 23.1 Å². The van der Waals surface area contributed by atoms with Crippen LogP contribution in [0, 0.1) is 12.7 Å². The molecule has 2 N–H and O–H groups in total. The molecule has 0 heterocycles. The van der Waals surface area contributed by atoms with Crippen LogP contribution in [-0.2, 0) is 6.61 Å². The van der Waals surface area contributed by atoms with Crippen LogP contribution in [0.3, 0.4) is 0 Å². The zero-order valence-electron chi connectivity index (χ0n) is 9.91. The highest BCUT2D eigenvalue weighted by Gasteiger charge is 2.04. The Bertz CT molecular complexity index is 572. The topological polar surface area (TPSA) is 35.2 Å². The molecular weight excluding hydrogens is 253 g/mol. The van der Waals surface area contributed by atoms with Crippen LogP contribution in [0.25, 0.3) is 0 Å². The minimum Gasteiger partial charge on any atom is -0.487 e. The second-order valence-corrected chi connectivity index (χ2v) is 4.48. The summed E-state index contributed by atoms with van der Waals surface area (Å²) in [5, 5.41) is 0.565. The molecule has 0 atom stereocenters. The van der Waals surface area contributed by atoms with Crippen molar-refractivity contribution in [1.29, 1.82) is 0 Å². The number of ether oxygens (including phenoxy) is 1. The molecule has 0 aliphatic rings. The third kappa shape index (κ3) is 2.93. The molecule has 2 aromatic rings. The Morgan fingerprint density at radius 3 is 2.72 bits per heavy atom. The average molecular weight is 266 g/mol. The normalized spacial score (nSPS) is 10.4. The number of aryl methyl sites for hydroxylation is 1. The van der Waals surface area contributed by atoms with Gasteiger partial charge in [0.25, 0.3) is 0 Å². The Kier molecular flexibility index (Phi) is 3.72. The van der Waals surface area contributed by atoms with Crippen molar-refractivity contribution in [2.75, 3.05) is 5.73 Å². The maximum absolute atomic E-state index is 12.9. The van der Waals surface area contributed by atoms with Crippen LogP contribution < -0.4 is 10.5 Å². The molecule has 0 radical (unpaired) electrons. The molecule has 2 aromatic carbocycles.